The quantitative estimate of drug-likeness (QED) is 0.888. The Morgan fingerprint density at radius 2 is 2.15 bits per heavy atom. The van der Waals surface area contributed by atoms with E-state index in [9.17, 15) is 4.79 Å². The number of hydrogen-bond acceptors (Lipinski definition) is 5. The predicted molar refractivity (Wildman–Crippen MR) is 98.6 cm³/mol. The van der Waals surface area contributed by atoms with E-state index >= 15 is 0 Å². The number of para-hydroxylation sites is 1. The first-order valence-corrected chi connectivity index (χ1v) is 8.91. The SMILES string of the molecule is Cc1ccc([C@]2(C)Oc3cccc(C4=CCC(CC(=O)O)OC4)c3O2)nc1. The summed E-state index contributed by atoms with van der Waals surface area (Å²) in [7, 11) is 0. The number of aliphatic carboxylic acids is 1. The second kappa shape index (κ2) is 6.70. The molecule has 1 aromatic heterocycles. The van der Waals surface area contributed by atoms with Gasteiger partial charge in [-0.25, -0.2) is 0 Å². The minimum Gasteiger partial charge on any atom is -0.481 e. The highest BCUT2D eigenvalue weighted by Crippen LogP contribution is 2.47. The van der Waals surface area contributed by atoms with Crippen molar-refractivity contribution in [1.82, 2.24) is 4.98 Å². The molecule has 3 heterocycles. The van der Waals surface area contributed by atoms with E-state index in [0.29, 0.717) is 30.2 Å². The summed E-state index contributed by atoms with van der Waals surface area (Å²) in [6.45, 7) is 4.18. The molecule has 0 saturated carbocycles. The van der Waals surface area contributed by atoms with Crippen LogP contribution in [0.5, 0.6) is 11.5 Å². The van der Waals surface area contributed by atoms with Gasteiger partial charge in [-0.1, -0.05) is 24.3 Å². The molecular formula is C21H21NO5. The molecule has 4 rings (SSSR count). The molecule has 0 radical (unpaired) electrons. The lowest BCUT2D eigenvalue weighted by Gasteiger charge is -2.24. The van der Waals surface area contributed by atoms with Gasteiger partial charge >= 0.3 is 5.97 Å². The minimum atomic E-state index is -0.992. The fourth-order valence-corrected chi connectivity index (χ4v) is 3.35. The third kappa shape index (κ3) is 3.40. The van der Waals surface area contributed by atoms with E-state index in [1.807, 2.05) is 50.3 Å². The fraction of sp³-hybridized carbons (Fsp3) is 0.333. The van der Waals surface area contributed by atoms with Crippen LogP contribution in [0.1, 0.15) is 36.6 Å². The second-order valence-electron chi connectivity index (χ2n) is 7.00. The van der Waals surface area contributed by atoms with Crippen molar-refractivity contribution >= 4 is 11.5 Å². The van der Waals surface area contributed by atoms with Gasteiger partial charge in [0.15, 0.2) is 11.5 Å². The summed E-state index contributed by atoms with van der Waals surface area (Å²) < 4.78 is 18.0. The van der Waals surface area contributed by atoms with Crippen molar-refractivity contribution in [1.29, 1.82) is 0 Å². The lowest BCUT2D eigenvalue weighted by Crippen LogP contribution is -2.32. The Balaban J connectivity index is 1.60. The van der Waals surface area contributed by atoms with Gasteiger partial charge in [0.2, 0.25) is 0 Å². The monoisotopic (exact) mass is 367 g/mol. The largest absolute Gasteiger partial charge is 0.481 e. The number of carboxylic acids is 1. The van der Waals surface area contributed by atoms with Gasteiger partial charge in [0.25, 0.3) is 5.79 Å². The molecule has 1 N–H and O–H groups in total. The fourth-order valence-electron chi connectivity index (χ4n) is 3.35. The lowest BCUT2D eigenvalue weighted by atomic mass is 9.99. The maximum absolute atomic E-state index is 10.9. The molecule has 0 bridgehead atoms. The van der Waals surface area contributed by atoms with E-state index in [4.69, 9.17) is 19.3 Å². The van der Waals surface area contributed by atoms with E-state index in [0.717, 1.165) is 16.7 Å². The first kappa shape index (κ1) is 17.5. The first-order chi connectivity index (χ1) is 12.9. The number of carbonyl (C=O) groups is 1. The highest BCUT2D eigenvalue weighted by atomic mass is 16.7. The number of ether oxygens (including phenoxy) is 3. The molecule has 2 aromatic rings. The number of fused-ring (bicyclic) bond motifs is 1. The molecular weight excluding hydrogens is 346 g/mol. The number of rotatable bonds is 4. The van der Waals surface area contributed by atoms with Gasteiger partial charge < -0.3 is 19.3 Å². The topological polar surface area (TPSA) is 77.9 Å². The van der Waals surface area contributed by atoms with Crippen molar-refractivity contribution in [3.8, 4) is 11.5 Å². The van der Waals surface area contributed by atoms with Crippen molar-refractivity contribution in [3.05, 3.63) is 59.4 Å². The number of hydrogen-bond donors (Lipinski definition) is 1. The Bertz CT molecular complexity index is 905. The molecule has 27 heavy (non-hydrogen) atoms. The molecule has 0 fully saturated rings. The Hall–Kier alpha value is -2.86. The Labute approximate surface area is 157 Å². The third-order valence-electron chi connectivity index (χ3n) is 4.81. The van der Waals surface area contributed by atoms with Crippen LogP contribution in [-0.4, -0.2) is 28.8 Å². The van der Waals surface area contributed by atoms with Crippen molar-refractivity contribution in [2.24, 2.45) is 0 Å². The zero-order valence-corrected chi connectivity index (χ0v) is 15.3. The average Bonchev–Trinajstić information content (AvgIpc) is 3.00. The highest BCUT2D eigenvalue weighted by molar-refractivity contribution is 5.75. The number of aromatic nitrogens is 1. The van der Waals surface area contributed by atoms with E-state index in [2.05, 4.69) is 4.98 Å². The highest BCUT2D eigenvalue weighted by Gasteiger charge is 2.41. The van der Waals surface area contributed by atoms with Crippen LogP contribution in [0.25, 0.3) is 5.57 Å². The van der Waals surface area contributed by atoms with Gasteiger partial charge in [0.05, 0.1) is 19.1 Å². The third-order valence-corrected chi connectivity index (χ3v) is 4.81. The molecule has 0 spiro atoms. The van der Waals surface area contributed by atoms with E-state index < -0.39 is 11.8 Å². The Morgan fingerprint density at radius 3 is 2.81 bits per heavy atom. The van der Waals surface area contributed by atoms with Gasteiger partial charge in [-0.15, -0.1) is 0 Å². The smallest absolute Gasteiger partial charge is 0.305 e. The molecule has 1 aromatic carbocycles. The number of carboxylic acid groups (broad SMARTS) is 1. The standard InChI is InChI=1S/C21H21NO5/c1-13-6-9-18(22-11-13)21(2)26-17-5-3-4-16(20(17)27-21)14-7-8-15(25-12-14)10-19(23)24/h3-7,9,11,15H,8,10,12H2,1-2H3,(H,23,24)/t15?,21-/m1/s1. The summed E-state index contributed by atoms with van der Waals surface area (Å²) in [5.74, 6) is -0.524. The Morgan fingerprint density at radius 1 is 1.30 bits per heavy atom. The summed E-state index contributed by atoms with van der Waals surface area (Å²) in [6, 6.07) is 9.62. The first-order valence-electron chi connectivity index (χ1n) is 8.91. The van der Waals surface area contributed by atoms with Crippen molar-refractivity contribution in [2.45, 2.75) is 38.6 Å². The van der Waals surface area contributed by atoms with Crippen LogP contribution in [0.15, 0.2) is 42.6 Å². The maximum Gasteiger partial charge on any atom is 0.305 e. The van der Waals surface area contributed by atoms with Crippen LogP contribution in [0.2, 0.25) is 0 Å². The number of nitrogens with zero attached hydrogens (tertiary/aromatic N) is 1. The Kier molecular flexibility index (Phi) is 4.36. The molecule has 2 aliphatic rings. The van der Waals surface area contributed by atoms with Crippen molar-refractivity contribution < 1.29 is 24.1 Å². The second-order valence-corrected chi connectivity index (χ2v) is 7.00. The van der Waals surface area contributed by atoms with Gasteiger partial charge in [-0.2, -0.15) is 0 Å². The van der Waals surface area contributed by atoms with Crippen molar-refractivity contribution in [2.75, 3.05) is 6.61 Å². The maximum atomic E-state index is 10.9. The summed E-state index contributed by atoms with van der Waals surface area (Å²) in [4.78, 5) is 15.3. The van der Waals surface area contributed by atoms with Gasteiger partial charge in [-0.3, -0.25) is 9.78 Å². The van der Waals surface area contributed by atoms with Crippen LogP contribution in [0, 0.1) is 6.92 Å². The number of pyridine rings is 1. The summed E-state index contributed by atoms with van der Waals surface area (Å²) in [5.41, 5.74) is 3.64. The predicted octanol–water partition coefficient (Wildman–Crippen LogP) is 3.68. The van der Waals surface area contributed by atoms with Crippen LogP contribution >= 0.6 is 0 Å². The van der Waals surface area contributed by atoms with Crippen LogP contribution < -0.4 is 9.47 Å². The molecule has 0 aliphatic carbocycles. The van der Waals surface area contributed by atoms with Gasteiger partial charge in [0.1, 0.15) is 5.69 Å². The minimum absolute atomic E-state index is 0.00739. The molecule has 2 atom stereocenters. The van der Waals surface area contributed by atoms with Crippen LogP contribution in [0.3, 0.4) is 0 Å². The zero-order valence-electron chi connectivity index (χ0n) is 15.3. The molecule has 140 valence electrons. The lowest BCUT2D eigenvalue weighted by molar-refractivity contribution is -0.140. The van der Waals surface area contributed by atoms with E-state index in [1.54, 1.807) is 6.20 Å². The van der Waals surface area contributed by atoms with Crippen LogP contribution in [-0.2, 0) is 15.3 Å². The van der Waals surface area contributed by atoms with E-state index in [1.165, 1.54) is 0 Å². The number of aryl methyl sites for hydroxylation is 1. The molecule has 2 aliphatic heterocycles. The average molecular weight is 367 g/mol. The molecule has 0 saturated heterocycles. The zero-order chi connectivity index (χ0) is 19.0. The van der Waals surface area contributed by atoms with Gasteiger partial charge in [0, 0.05) is 18.7 Å². The van der Waals surface area contributed by atoms with Crippen molar-refractivity contribution in [3.63, 3.8) is 0 Å². The molecule has 6 nitrogen and oxygen atoms in total. The van der Waals surface area contributed by atoms with Crippen LogP contribution in [0.4, 0.5) is 0 Å². The molecule has 1 unspecified atom stereocenters. The molecule has 6 heteroatoms. The summed E-state index contributed by atoms with van der Waals surface area (Å²) >= 11 is 0. The number of benzene rings is 1. The van der Waals surface area contributed by atoms with E-state index in [-0.39, 0.29) is 12.5 Å². The molecule has 0 amide bonds. The summed E-state index contributed by atoms with van der Waals surface area (Å²) in [6.07, 6.45) is 4.09. The van der Waals surface area contributed by atoms with Gasteiger partial charge in [-0.05, 0) is 36.6 Å². The summed E-state index contributed by atoms with van der Waals surface area (Å²) in [5, 5.41) is 8.92. The normalized spacial score (nSPS) is 23.8.